The van der Waals surface area contributed by atoms with E-state index >= 15 is 0 Å². The first kappa shape index (κ1) is 21.1. The molecule has 2 aliphatic rings. The lowest BCUT2D eigenvalue weighted by atomic mass is 10.1. The van der Waals surface area contributed by atoms with Crippen molar-refractivity contribution in [2.75, 3.05) is 39.3 Å². The highest BCUT2D eigenvalue weighted by atomic mass is 19.4. The standard InChI is InChI=1S/C18H24F3N5O3/c1-12(2)26-14(18(19,20)21)13(11-22-26)15(27)24-7-9-25(10-8-24)17(29)16(28)23-5-3-4-6-23/h11-12H,3-10H2,1-2H3. The maximum Gasteiger partial charge on any atom is 0.433 e. The fourth-order valence-corrected chi connectivity index (χ4v) is 3.67. The van der Waals surface area contributed by atoms with E-state index in [-0.39, 0.29) is 26.2 Å². The molecule has 1 aromatic rings. The Hall–Kier alpha value is -2.59. The van der Waals surface area contributed by atoms with Gasteiger partial charge in [0, 0.05) is 45.3 Å². The third kappa shape index (κ3) is 4.23. The van der Waals surface area contributed by atoms with E-state index in [9.17, 15) is 27.6 Å². The zero-order chi connectivity index (χ0) is 21.3. The van der Waals surface area contributed by atoms with Crippen molar-refractivity contribution >= 4 is 17.7 Å². The van der Waals surface area contributed by atoms with E-state index in [1.165, 1.54) is 14.7 Å². The number of hydrogen-bond donors (Lipinski definition) is 0. The Balaban J connectivity index is 1.68. The fourth-order valence-electron chi connectivity index (χ4n) is 3.67. The van der Waals surface area contributed by atoms with E-state index < -0.39 is 41.2 Å². The van der Waals surface area contributed by atoms with Crippen LogP contribution in [0.15, 0.2) is 6.20 Å². The Morgan fingerprint density at radius 2 is 1.38 bits per heavy atom. The number of likely N-dealkylation sites (tertiary alicyclic amines) is 1. The van der Waals surface area contributed by atoms with Crippen LogP contribution in [0.4, 0.5) is 13.2 Å². The smallest absolute Gasteiger partial charge is 0.335 e. The topological polar surface area (TPSA) is 78.8 Å². The second-order valence-electron chi connectivity index (χ2n) is 7.53. The summed E-state index contributed by atoms with van der Waals surface area (Å²) in [6.45, 7) is 4.54. The first-order valence-electron chi connectivity index (χ1n) is 9.63. The molecule has 3 amide bonds. The van der Waals surface area contributed by atoms with Crippen LogP contribution < -0.4 is 0 Å². The number of carbonyl (C=O) groups is 3. The van der Waals surface area contributed by atoms with Crippen LogP contribution in [0.5, 0.6) is 0 Å². The summed E-state index contributed by atoms with van der Waals surface area (Å²) in [5.74, 6) is -1.95. The molecular formula is C18H24F3N5O3. The second-order valence-corrected chi connectivity index (χ2v) is 7.53. The SMILES string of the molecule is CC(C)n1ncc(C(=O)N2CCN(C(=O)C(=O)N3CCCC3)CC2)c1C(F)(F)F. The zero-order valence-corrected chi connectivity index (χ0v) is 16.4. The van der Waals surface area contributed by atoms with Crippen LogP contribution in [0.1, 0.15) is 48.8 Å². The number of alkyl halides is 3. The second kappa shape index (κ2) is 8.03. The van der Waals surface area contributed by atoms with E-state index in [2.05, 4.69) is 5.10 Å². The van der Waals surface area contributed by atoms with Crippen molar-refractivity contribution in [1.29, 1.82) is 0 Å². The summed E-state index contributed by atoms with van der Waals surface area (Å²) in [6.07, 6.45) is -2.04. The Kier molecular flexibility index (Phi) is 5.85. The highest BCUT2D eigenvalue weighted by molar-refractivity contribution is 6.35. The summed E-state index contributed by atoms with van der Waals surface area (Å²) in [4.78, 5) is 41.4. The minimum absolute atomic E-state index is 0.0575. The van der Waals surface area contributed by atoms with E-state index in [1.54, 1.807) is 13.8 Å². The highest BCUT2D eigenvalue weighted by Gasteiger charge is 2.42. The van der Waals surface area contributed by atoms with Crippen LogP contribution in [-0.4, -0.2) is 81.5 Å². The van der Waals surface area contributed by atoms with Gasteiger partial charge in [-0.2, -0.15) is 18.3 Å². The Bertz CT molecular complexity index is 791. The predicted molar refractivity (Wildman–Crippen MR) is 95.9 cm³/mol. The van der Waals surface area contributed by atoms with Gasteiger partial charge in [-0.05, 0) is 26.7 Å². The molecule has 3 rings (SSSR count). The van der Waals surface area contributed by atoms with Crippen molar-refractivity contribution < 1.29 is 27.6 Å². The van der Waals surface area contributed by atoms with Crippen LogP contribution >= 0.6 is 0 Å². The van der Waals surface area contributed by atoms with E-state index in [4.69, 9.17) is 0 Å². The minimum atomic E-state index is -4.72. The summed E-state index contributed by atoms with van der Waals surface area (Å²) in [7, 11) is 0. The van der Waals surface area contributed by atoms with Crippen molar-refractivity contribution in [2.45, 2.75) is 38.9 Å². The Morgan fingerprint density at radius 3 is 1.86 bits per heavy atom. The molecule has 2 aliphatic heterocycles. The molecule has 3 heterocycles. The highest BCUT2D eigenvalue weighted by Crippen LogP contribution is 2.34. The molecule has 0 N–H and O–H groups in total. The van der Waals surface area contributed by atoms with Gasteiger partial charge in [-0.15, -0.1) is 0 Å². The van der Waals surface area contributed by atoms with Gasteiger partial charge >= 0.3 is 18.0 Å². The molecule has 0 aliphatic carbocycles. The lowest BCUT2D eigenvalue weighted by Gasteiger charge is -2.35. The summed E-state index contributed by atoms with van der Waals surface area (Å²) in [5, 5.41) is 3.74. The number of piperazine rings is 1. The lowest BCUT2D eigenvalue weighted by molar-refractivity contribution is -0.152. The molecule has 0 bridgehead atoms. The van der Waals surface area contributed by atoms with Gasteiger partial charge < -0.3 is 14.7 Å². The third-order valence-corrected chi connectivity index (χ3v) is 5.21. The van der Waals surface area contributed by atoms with Crippen LogP contribution in [0.25, 0.3) is 0 Å². The molecule has 0 aromatic carbocycles. The molecule has 0 saturated carbocycles. The van der Waals surface area contributed by atoms with Crippen molar-refractivity contribution in [3.05, 3.63) is 17.5 Å². The van der Waals surface area contributed by atoms with E-state index in [0.29, 0.717) is 13.1 Å². The van der Waals surface area contributed by atoms with E-state index in [0.717, 1.165) is 23.7 Å². The molecule has 11 heteroatoms. The zero-order valence-electron chi connectivity index (χ0n) is 16.4. The maximum atomic E-state index is 13.5. The number of aromatic nitrogens is 2. The van der Waals surface area contributed by atoms with Crippen molar-refractivity contribution in [3.63, 3.8) is 0 Å². The number of carbonyl (C=O) groups excluding carboxylic acids is 3. The van der Waals surface area contributed by atoms with Gasteiger partial charge in [-0.3, -0.25) is 19.1 Å². The minimum Gasteiger partial charge on any atom is -0.335 e. The van der Waals surface area contributed by atoms with Gasteiger partial charge in [0.25, 0.3) is 5.91 Å². The summed E-state index contributed by atoms with van der Waals surface area (Å²) in [6, 6.07) is -0.556. The molecule has 2 fully saturated rings. The molecule has 160 valence electrons. The molecule has 0 atom stereocenters. The van der Waals surface area contributed by atoms with Gasteiger partial charge in [0.15, 0.2) is 5.69 Å². The molecule has 0 unspecified atom stereocenters. The molecule has 29 heavy (non-hydrogen) atoms. The largest absolute Gasteiger partial charge is 0.433 e. The van der Waals surface area contributed by atoms with Crippen LogP contribution in [0, 0.1) is 0 Å². The number of nitrogens with zero attached hydrogens (tertiary/aromatic N) is 5. The Labute approximate surface area is 166 Å². The average Bonchev–Trinajstić information content (AvgIpc) is 3.35. The first-order chi connectivity index (χ1) is 13.6. The first-order valence-corrected chi connectivity index (χ1v) is 9.63. The van der Waals surface area contributed by atoms with Crippen molar-refractivity contribution in [1.82, 2.24) is 24.5 Å². The normalized spacial score (nSPS) is 17.9. The predicted octanol–water partition coefficient (Wildman–Crippen LogP) is 1.39. The van der Waals surface area contributed by atoms with Crippen LogP contribution in [0.3, 0.4) is 0 Å². The molecule has 0 spiro atoms. The van der Waals surface area contributed by atoms with Gasteiger partial charge in [0.1, 0.15) is 0 Å². The van der Waals surface area contributed by atoms with Gasteiger partial charge in [0.2, 0.25) is 0 Å². The Morgan fingerprint density at radius 1 is 0.897 bits per heavy atom. The number of halogens is 3. The lowest BCUT2D eigenvalue weighted by Crippen LogP contribution is -2.54. The average molecular weight is 415 g/mol. The number of hydrogen-bond acceptors (Lipinski definition) is 4. The van der Waals surface area contributed by atoms with Crippen molar-refractivity contribution in [3.8, 4) is 0 Å². The number of amides is 3. The maximum absolute atomic E-state index is 13.5. The molecular weight excluding hydrogens is 391 g/mol. The van der Waals surface area contributed by atoms with Gasteiger partial charge in [0.05, 0.1) is 11.8 Å². The van der Waals surface area contributed by atoms with E-state index in [1.807, 2.05) is 0 Å². The summed E-state index contributed by atoms with van der Waals surface area (Å²) >= 11 is 0. The molecule has 0 radical (unpaired) electrons. The molecule has 2 saturated heterocycles. The van der Waals surface area contributed by atoms with Gasteiger partial charge in [-0.1, -0.05) is 0 Å². The third-order valence-electron chi connectivity index (χ3n) is 5.21. The quantitative estimate of drug-likeness (QED) is 0.684. The number of rotatable bonds is 2. The molecule has 8 nitrogen and oxygen atoms in total. The van der Waals surface area contributed by atoms with Crippen molar-refractivity contribution in [2.24, 2.45) is 0 Å². The van der Waals surface area contributed by atoms with Crippen LogP contribution in [-0.2, 0) is 15.8 Å². The fraction of sp³-hybridized carbons (Fsp3) is 0.667. The monoisotopic (exact) mass is 415 g/mol. The summed E-state index contributed by atoms with van der Waals surface area (Å²) < 4.78 is 41.3. The molecule has 1 aromatic heterocycles. The summed E-state index contributed by atoms with van der Waals surface area (Å²) in [5.41, 5.74) is -1.57. The van der Waals surface area contributed by atoms with Gasteiger partial charge in [-0.25, -0.2) is 0 Å². The van der Waals surface area contributed by atoms with Crippen LogP contribution in [0.2, 0.25) is 0 Å².